The van der Waals surface area contributed by atoms with Crippen LogP contribution in [0.5, 0.6) is 0 Å². The summed E-state index contributed by atoms with van der Waals surface area (Å²) in [5, 5.41) is 12.0. The number of hydrogen-bond acceptors (Lipinski definition) is 3. The van der Waals surface area contributed by atoms with Crippen molar-refractivity contribution in [2.75, 3.05) is 13.2 Å². The molecule has 0 aromatic carbocycles. The lowest BCUT2D eigenvalue weighted by Gasteiger charge is -2.32. The molecule has 0 spiro atoms. The van der Waals surface area contributed by atoms with Crippen LogP contribution in [0.2, 0.25) is 0 Å². The van der Waals surface area contributed by atoms with Crippen molar-refractivity contribution in [1.29, 1.82) is 0 Å². The molecule has 1 saturated carbocycles. The molecule has 0 aromatic heterocycles. The van der Waals surface area contributed by atoms with Crippen LogP contribution >= 0.6 is 0 Å². The second kappa shape index (κ2) is 4.10. The van der Waals surface area contributed by atoms with Crippen molar-refractivity contribution >= 4 is 5.91 Å². The van der Waals surface area contributed by atoms with Crippen molar-refractivity contribution in [3.8, 4) is 0 Å². The second-order valence-corrected chi connectivity index (χ2v) is 4.88. The second-order valence-electron chi connectivity index (χ2n) is 4.88. The fraction of sp³-hybridized carbons (Fsp3) is 0.909. The maximum Gasteiger partial charge on any atom is 0.251 e. The maximum atomic E-state index is 11.8. The topological polar surface area (TPSA) is 58.6 Å². The Morgan fingerprint density at radius 1 is 1.60 bits per heavy atom. The predicted molar refractivity (Wildman–Crippen MR) is 55.3 cm³/mol. The van der Waals surface area contributed by atoms with Crippen LogP contribution in [0.4, 0.5) is 0 Å². The minimum absolute atomic E-state index is 0.00129. The van der Waals surface area contributed by atoms with E-state index in [0.29, 0.717) is 19.1 Å². The predicted octanol–water partition coefficient (Wildman–Crippen LogP) is 0.443. The van der Waals surface area contributed by atoms with Gasteiger partial charge in [0, 0.05) is 13.2 Å². The van der Waals surface area contributed by atoms with Crippen LogP contribution in [0.15, 0.2) is 0 Å². The first-order valence-electron chi connectivity index (χ1n) is 5.70. The number of nitrogens with one attached hydrogen (secondary N) is 1. The molecule has 1 atom stereocenters. The van der Waals surface area contributed by atoms with Gasteiger partial charge in [-0.15, -0.1) is 0 Å². The molecule has 2 fully saturated rings. The number of ether oxygens (including phenoxy) is 1. The van der Waals surface area contributed by atoms with Crippen LogP contribution in [0, 0.1) is 5.92 Å². The molecule has 2 rings (SSSR count). The molecule has 4 heteroatoms. The van der Waals surface area contributed by atoms with Crippen LogP contribution in [0.3, 0.4) is 0 Å². The first-order valence-corrected chi connectivity index (χ1v) is 5.70. The largest absolute Gasteiger partial charge is 0.393 e. The van der Waals surface area contributed by atoms with E-state index in [1.165, 1.54) is 0 Å². The lowest BCUT2D eigenvalue weighted by Crippen LogP contribution is -2.47. The van der Waals surface area contributed by atoms with Gasteiger partial charge in [-0.1, -0.05) is 0 Å². The van der Waals surface area contributed by atoms with E-state index in [4.69, 9.17) is 9.84 Å². The Kier molecular flexibility index (Phi) is 2.98. The highest BCUT2D eigenvalue weighted by atomic mass is 16.5. The molecule has 2 aliphatic rings. The van der Waals surface area contributed by atoms with Crippen molar-refractivity contribution < 1.29 is 14.6 Å². The van der Waals surface area contributed by atoms with Crippen LogP contribution in [0.25, 0.3) is 0 Å². The average Bonchev–Trinajstić information content (AvgIpc) is 2.59. The van der Waals surface area contributed by atoms with E-state index in [9.17, 15) is 4.79 Å². The molecule has 1 unspecified atom stereocenters. The Morgan fingerprint density at radius 2 is 2.33 bits per heavy atom. The molecule has 2 N–H and O–H groups in total. The first-order chi connectivity index (χ1) is 7.10. The standard InChI is InChI=1S/C11H19NO3/c1-11(3-2-4-15-11)10(14)12-7-8-5-9(13)6-8/h8-9,13H,2-7H2,1H3,(H,12,14). The molecule has 1 aliphatic heterocycles. The zero-order chi connectivity index (χ0) is 10.9. The van der Waals surface area contributed by atoms with Gasteiger partial charge in [-0.25, -0.2) is 0 Å². The van der Waals surface area contributed by atoms with E-state index >= 15 is 0 Å². The fourth-order valence-corrected chi connectivity index (χ4v) is 2.25. The van der Waals surface area contributed by atoms with Gasteiger partial charge in [-0.05, 0) is 38.5 Å². The summed E-state index contributed by atoms with van der Waals surface area (Å²) < 4.78 is 5.45. The molecule has 1 heterocycles. The third-order valence-electron chi connectivity index (χ3n) is 3.46. The molecule has 0 bridgehead atoms. The highest BCUT2D eigenvalue weighted by Gasteiger charge is 2.38. The Morgan fingerprint density at radius 3 is 2.87 bits per heavy atom. The van der Waals surface area contributed by atoms with Gasteiger partial charge in [-0.2, -0.15) is 0 Å². The Bertz CT molecular complexity index is 242. The lowest BCUT2D eigenvalue weighted by molar-refractivity contribution is -0.140. The smallest absolute Gasteiger partial charge is 0.251 e. The zero-order valence-electron chi connectivity index (χ0n) is 9.16. The molecule has 1 aliphatic carbocycles. The monoisotopic (exact) mass is 213 g/mol. The summed E-state index contributed by atoms with van der Waals surface area (Å²) in [6.07, 6.45) is 3.26. The summed E-state index contributed by atoms with van der Waals surface area (Å²) in [7, 11) is 0. The number of carbonyl (C=O) groups excluding carboxylic acids is 1. The Labute approximate surface area is 90.0 Å². The normalized spacial score (nSPS) is 39.9. The summed E-state index contributed by atoms with van der Waals surface area (Å²) in [6.45, 7) is 3.21. The lowest BCUT2D eigenvalue weighted by atomic mass is 9.82. The van der Waals surface area contributed by atoms with Gasteiger partial charge in [0.25, 0.3) is 5.91 Å². The number of aliphatic hydroxyl groups excluding tert-OH is 1. The van der Waals surface area contributed by atoms with Gasteiger partial charge in [0.2, 0.25) is 0 Å². The molecule has 4 nitrogen and oxygen atoms in total. The summed E-state index contributed by atoms with van der Waals surface area (Å²) in [5.74, 6) is 0.454. The molecule has 1 amide bonds. The number of aliphatic hydroxyl groups is 1. The van der Waals surface area contributed by atoms with Crippen molar-refractivity contribution in [3.63, 3.8) is 0 Å². The third-order valence-corrected chi connectivity index (χ3v) is 3.46. The molecular formula is C11H19NO3. The van der Waals surface area contributed by atoms with Gasteiger partial charge in [0.1, 0.15) is 5.60 Å². The molecule has 1 saturated heterocycles. The molecule has 86 valence electrons. The SMILES string of the molecule is CC1(C(=O)NCC2CC(O)C2)CCCO1. The number of amides is 1. The average molecular weight is 213 g/mol. The van der Waals surface area contributed by atoms with Crippen LogP contribution in [-0.2, 0) is 9.53 Å². The van der Waals surface area contributed by atoms with Gasteiger partial charge in [0.15, 0.2) is 0 Å². The van der Waals surface area contributed by atoms with E-state index in [-0.39, 0.29) is 12.0 Å². The van der Waals surface area contributed by atoms with Gasteiger partial charge in [0.05, 0.1) is 6.10 Å². The number of hydrogen-bond donors (Lipinski definition) is 2. The quantitative estimate of drug-likeness (QED) is 0.715. The van der Waals surface area contributed by atoms with E-state index in [2.05, 4.69) is 5.32 Å². The van der Waals surface area contributed by atoms with Gasteiger partial charge in [-0.3, -0.25) is 4.79 Å². The fourth-order valence-electron chi connectivity index (χ4n) is 2.25. The number of carbonyl (C=O) groups is 1. The van der Waals surface area contributed by atoms with Crippen molar-refractivity contribution in [1.82, 2.24) is 5.32 Å². The molecule has 15 heavy (non-hydrogen) atoms. The minimum atomic E-state index is -0.609. The van der Waals surface area contributed by atoms with E-state index in [1.54, 1.807) is 0 Å². The number of rotatable bonds is 3. The maximum absolute atomic E-state index is 11.8. The summed E-state index contributed by atoms with van der Waals surface area (Å²) in [6, 6.07) is 0. The first kappa shape index (κ1) is 10.9. The highest BCUT2D eigenvalue weighted by Crippen LogP contribution is 2.28. The summed E-state index contributed by atoms with van der Waals surface area (Å²) in [4.78, 5) is 11.8. The van der Waals surface area contributed by atoms with Crippen molar-refractivity contribution in [3.05, 3.63) is 0 Å². The molecule has 0 aromatic rings. The van der Waals surface area contributed by atoms with Crippen molar-refractivity contribution in [2.24, 2.45) is 5.92 Å². The molecule has 0 radical (unpaired) electrons. The van der Waals surface area contributed by atoms with E-state index in [0.717, 1.165) is 25.7 Å². The van der Waals surface area contributed by atoms with Crippen LogP contribution < -0.4 is 5.32 Å². The minimum Gasteiger partial charge on any atom is -0.393 e. The summed E-state index contributed by atoms with van der Waals surface area (Å²) in [5.41, 5.74) is -0.609. The van der Waals surface area contributed by atoms with Crippen LogP contribution in [-0.4, -0.2) is 35.9 Å². The van der Waals surface area contributed by atoms with Crippen molar-refractivity contribution in [2.45, 2.75) is 44.3 Å². The Balaban J connectivity index is 1.72. The highest BCUT2D eigenvalue weighted by molar-refractivity contribution is 5.84. The van der Waals surface area contributed by atoms with E-state index < -0.39 is 5.60 Å². The van der Waals surface area contributed by atoms with Gasteiger partial charge >= 0.3 is 0 Å². The van der Waals surface area contributed by atoms with Crippen LogP contribution in [0.1, 0.15) is 32.6 Å². The summed E-state index contributed by atoms with van der Waals surface area (Å²) >= 11 is 0. The third kappa shape index (κ3) is 2.32. The van der Waals surface area contributed by atoms with E-state index in [1.807, 2.05) is 6.92 Å². The molecular weight excluding hydrogens is 194 g/mol. The van der Waals surface area contributed by atoms with Gasteiger partial charge < -0.3 is 15.2 Å². The Hall–Kier alpha value is -0.610. The zero-order valence-corrected chi connectivity index (χ0v) is 9.16.